The number of rotatable bonds is 2. The monoisotopic (exact) mass is 379 g/mol. The molecule has 0 radical (unpaired) electrons. The summed E-state index contributed by atoms with van der Waals surface area (Å²) in [5.41, 5.74) is 7.94. The molecule has 2 bridgehead atoms. The van der Waals surface area contributed by atoms with Crippen molar-refractivity contribution in [3.8, 4) is 11.3 Å². The van der Waals surface area contributed by atoms with Gasteiger partial charge in [0.15, 0.2) is 0 Å². The van der Waals surface area contributed by atoms with E-state index in [0.29, 0.717) is 0 Å². The number of nitrogen functional groups attached to an aromatic ring is 1. The highest BCUT2D eigenvalue weighted by Gasteiger charge is 2.65. The fraction of sp³-hybridized carbons (Fsp3) is 0.333. The number of hydrogen-bond acceptors (Lipinski definition) is 5. The van der Waals surface area contributed by atoms with E-state index in [1.54, 1.807) is 12.3 Å². The molecule has 2 heterocycles. The van der Waals surface area contributed by atoms with E-state index in [2.05, 4.69) is 34.0 Å². The SMILES string of the molecule is CC1(C)[C@H]2CC[C@]1(c1ccnc(N)n1)c1nnc(-c3c(F)cccc3F)cc12. The summed E-state index contributed by atoms with van der Waals surface area (Å²) >= 11 is 0. The van der Waals surface area contributed by atoms with E-state index >= 15 is 0 Å². The predicted octanol–water partition coefficient (Wildman–Crippen LogP) is 4.00. The van der Waals surface area contributed by atoms with Crippen molar-refractivity contribution in [2.24, 2.45) is 5.41 Å². The van der Waals surface area contributed by atoms with E-state index in [1.807, 2.05) is 6.07 Å². The van der Waals surface area contributed by atoms with Crippen molar-refractivity contribution in [2.45, 2.75) is 38.0 Å². The lowest BCUT2D eigenvalue weighted by Crippen LogP contribution is -2.38. The van der Waals surface area contributed by atoms with Gasteiger partial charge in [-0.15, -0.1) is 5.10 Å². The zero-order valence-electron chi connectivity index (χ0n) is 15.6. The Morgan fingerprint density at radius 3 is 2.57 bits per heavy atom. The number of benzene rings is 1. The van der Waals surface area contributed by atoms with Crippen LogP contribution < -0.4 is 5.73 Å². The van der Waals surface area contributed by atoms with Crippen LogP contribution in [-0.4, -0.2) is 20.2 Å². The summed E-state index contributed by atoms with van der Waals surface area (Å²) in [4.78, 5) is 8.52. The van der Waals surface area contributed by atoms with Crippen LogP contribution in [0.15, 0.2) is 36.5 Å². The molecule has 7 heteroatoms. The van der Waals surface area contributed by atoms with Gasteiger partial charge in [0.1, 0.15) is 11.6 Å². The second-order valence-corrected chi connectivity index (χ2v) is 8.15. The second kappa shape index (κ2) is 5.53. The molecule has 0 saturated heterocycles. The number of anilines is 1. The van der Waals surface area contributed by atoms with Crippen molar-refractivity contribution in [1.29, 1.82) is 0 Å². The van der Waals surface area contributed by atoms with E-state index in [-0.39, 0.29) is 28.5 Å². The summed E-state index contributed by atoms with van der Waals surface area (Å²) in [5.74, 6) is -0.870. The number of aromatic nitrogens is 4. The van der Waals surface area contributed by atoms with Crippen LogP contribution in [0.25, 0.3) is 11.3 Å². The van der Waals surface area contributed by atoms with Gasteiger partial charge in [0, 0.05) is 6.20 Å². The van der Waals surface area contributed by atoms with E-state index in [4.69, 9.17) is 5.73 Å². The lowest BCUT2D eigenvalue weighted by Gasteiger charge is -2.37. The summed E-state index contributed by atoms with van der Waals surface area (Å²) in [7, 11) is 0. The minimum atomic E-state index is -0.644. The first-order valence-electron chi connectivity index (χ1n) is 9.28. The van der Waals surface area contributed by atoms with Crippen LogP contribution in [0.4, 0.5) is 14.7 Å². The molecule has 1 aromatic carbocycles. The topological polar surface area (TPSA) is 77.6 Å². The maximum absolute atomic E-state index is 14.3. The van der Waals surface area contributed by atoms with Crippen LogP contribution >= 0.6 is 0 Å². The smallest absolute Gasteiger partial charge is 0.220 e. The molecule has 2 atom stereocenters. The number of nitrogens with zero attached hydrogens (tertiary/aromatic N) is 4. The van der Waals surface area contributed by atoms with Crippen LogP contribution in [0.5, 0.6) is 0 Å². The van der Waals surface area contributed by atoms with Gasteiger partial charge < -0.3 is 5.73 Å². The highest BCUT2D eigenvalue weighted by Crippen LogP contribution is 2.69. The number of halogens is 2. The van der Waals surface area contributed by atoms with Gasteiger partial charge in [-0.1, -0.05) is 19.9 Å². The molecule has 142 valence electrons. The average Bonchev–Trinajstić information content (AvgIpc) is 3.03. The largest absolute Gasteiger partial charge is 0.368 e. The lowest BCUT2D eigenvalue weighted by molar-refractivity contribution is 0.243. The quantitative estimate of drug-likeness (QED) is 0.728. The molecular formula is C21H19F2N5. The van der Waals surface area contributed by atoms with E-state index in [0.717, 1.165) is 29.8 Å². The van der Waals surface area contributed by atoms with Gasteiger partial charge in [-0.2, -0.15) is 5.10 Å². The maximum atomic E-state index is 14.3. The molecule has 1 saturated carbocycles. The first kappa shape index (κ1) is 17.2. The van der Waals surface area contributed by atoms with E-state index in [9.17, 15) is 8.78 Å². The van der Waals surface area contributed by atoms with Crippen LogP contribution in [0.2, 0.25) is 0 Å². The second-order valence-electron chi connectivity index (χ2n) is 8.15. The first-order valence-corrected chi connectivity index (χ1v) is 9.28. The molecule has 28 heavy (non-hydrogen) atoms. The standard InChI is InChI=1S/C21H19F2N5/c1-20(2)12-6-8-21(20,16-7-9-25-19(24)26-16)18-11(12)10-15(27-28-18)17-13(22)4-3-5-14(17)23/h3-5,7,9-10,12H,6,8H2,1-2H3,(H2,24,25,26)/t12-,21-/m0/s1. The molecule has 0 aliphatic heterocycles. The Kier molecular flexibility index (Phi) is 3.39. The van der Waals surface area contributed by atoms with Crippen molar-refractivity contribution < 1.29 is 8.78 Å². The van der Waals surface area contributed by atoms with Crippen LogP contribution in [0.3, 0.4) is 0 Å². The fourth-order valence-corrected chi connectivity index (χ4v) is 5.37. The van der Waals surface area contributed by atoms with Crippen molar-refractivity contribution in [2.75, 3.05) is 5.73 Å². The Morgan fingerprint density at radius 1 is 1.11 bits per heavy atom. The predicted molar refractivity (Wildman–Crippen MR) is 100 cm³/mol. The van der Waals surface area contributed by atoms with Gasteiger partial charge in [0.2, 0.25) is 5.95 Å². The fourth-order valence-electron chi connectivity index (χ4n) is 5.37. The normalized spacial score (nSPS) is 24.4. The third-order valence-corrected chi connectivity index (χ3v) is 6.71. The number of nitrogens with two attached hydrogens (primary N) is 1. The van der Waals surface area contributed by atoms with Gasteiger partial charge in [0.05, 0.1) is 28.1 Å². The van der Waals surface area contributed by atoms with Crippen LogP contribution in [-0.2, 0) is 5.41 Å². The van der Waals surface area contributed by atoms with Gasteiger partial charge in [0.25, 0.3) is 0 Å². The van der Waals surface area contributed by atoms with Crippen molar-refractivity contribution in [3.63, 3.8) is 0 Å². The molecule has 2 N–H and O–H groups in total. The van der Waals surface area contributed by atoms with Gasteiger partial charge in [-0.05, 0) is 54.0 Å². The first-order chi connectivity index (χ1) is 13.4. The highest BCUT2D eigenvalue weighted by molar-refractivity contribution is 5.64. The average molecular weight is 379 g/mol. The Labute approximate surface area is 161 Å². The van der Waals surface area contributed by atoms with E-state index in [1.165, 1.54) is 18.2 Å². The lowest BCUT2D eigenvalue weighted by atomic mass is 9.66. The molecule has 2 aliphatic rings. The van der Waals surface area contributed by atoms with Crippen LogP contribution in [0, 0.1) is 17.0 Å². The summed E-state index contributed by atoms with van der Waals surface area (Å²) < 4.78 is 28.5. The Balaban J connectivity index is 1.74. The zero-order valence-corrected chi connectivity index (χ0v) is 15.6. The molecular weight excluding hydrogens is 360 g/mol. The molecule has 3 aromatic rings. The number of hydrogen-bond donors (Lipinski definition) is 1. The summed E-state index contributed by atoms with van der Waals surface area (Å²) in [5, 5.41) is 8.70. The molecule has 0 unspecified atom stereocenters. The molecule has 0 spiro atoms. The van der Waals surface area contributed by atoms with Crippen molar-refractivity contribution >= 4 is 5.95 Å². The van der Waals surface area contributed by atoms with E-state index < -0.39 is 17.0 Å². The minimum absolute atomic E-state index is 0.140. The van der Waals surface area contributed by atoms with Crippen LogP contribution in [0.1, 0.15) is 49.6 Å². The van der Waals surface area contributed by atoms with Gasteiger partial charge in [-0.3, -0.25) is 0 Å². The Hall–Kier alpha value is -2.96. The minimum Gasteiger partial charge on any atom is -0.368 e. The Bertz CT molecular complexity index is 1090. The van der Waals surface area contributed by atoms with Crippen molar-refractivity contribution in [1.82, 2.24) is 20.2 Å². The Morgan fingerprint density at radius 2 is 1.86 bits per heavy atom. The molecule has 2 aromatic heterocycles. The third kappa shape index (κ3) is 1.99. The summed E-state index contributed by atoms with van der Waals surface area (Å²) in [6, 6.07) is 7.47. The summed E-state index contributed by atoms with van der Waals surface area (Å²) in [6.07, 6.45) is 3.47. The third-order valence-electron chi connectivity index (χ3n) is 6.71. The van der Waals surface area contributed by atoms with Crippen molar-refractivity contribution in [3.05, 3.63) is 65.1 Å². The zero-order chi connectivity index (χ0) is 19.7. The summed E-state index contributed by atoms with van der Waals surface area (Å²) in [6.45, 7) is 4.38. The number of fused-ring (bicyclic) bond motifs is 5. The van der Waals surface area contributed by atoms with Gasteiger partial charge in [-0.25, -0.2) is 18.7 Å². The molecule has 5 rings (SSSR count). The molecule has 2 aliphatic carbocycles. The highest BCUT2D eigenvalue weighted by atomic mass is 19.1. The van der Waals surface area contributed by atoms with Gasteiger partial charge >= 0.3 is 0 Å². The molecule has 1 fully saturated rings. The maximum Gasteiger partial charge on any atom is 0.220 e. The molecule has 5 nitrogen and oxygen atoms in total. The molecule has 0 amide bonds.